The van der Waals surface area contributed by atoms with Crippen LogP contribution in [0.3, 0.4) is 0 Å². The fourth-order valence-electron chi connectivity index (χ4n) is 3.44. The quantitative estimate of drug-likeness (QED) is 0.591. The van der Waals surface area contributed by atoms with Gasteiger partial charge in [0.05, 0.1) is 5.75 Å². The van der Waals surface area contributed by atoms with Gasteiger partial charge in [-0.1, -0.05) is 72.4 Å². The van der Waals surface area contributed by atoms with Gasteiger partial charge in [0, 0.05) is 24.1 Å². The SMILES string of the molecule is CCn1c(SCC(=O)NCC2(c3ccccc3)CC2)nnc1-c1ccccc1. The van der Waals surface area contributed by atoms with Crippen molar-refractivity contribution in [3.05, 3.63) is 66.2 Å². The minimum atomic E-state index is 0.0409. The van der Waals surface area contributed by atoms with Crippen molar-refractivity contribution in [3.63, 3.8) is 0 Å². The molecule has 1 N–H and O–H groups in total. The molecule has 1 aliphatic carbocycles. The third kappa shape index (κ3) is 3.97. The van der Waals surface area contributed by atoms with Crippen LogP contribution in [-0.4, -0.2) is 33.0 Å². The molecular weight excluding hydrogens is 368 g/mol. The minimum absolute atomic E-state index is 0.0409. The molecule has 1 heterocycles. The number of amides is 1. The first kappa shape index (κ1) is 18.7. The Morgan fingerprint density at radius 1 is 1.07 bits per heavy atom. The highest BCUT2D eigenvalue weighted by atomic mass is 32.2. The fourth-order valence-corrected chi connectivity index (χ4v) is 4.27. The molecule has 1 aromatic heterocycles. The second-order valence-electron chi connectivity index (χ2n) is 7.13. The molecule has 1 amide bonds. The monoisotopic (exact) mass is 392 g/mol. The number of benzene rings is 2. The van der Waals surface area contributed by atoms with Gasteiger partial charge >= 0.3 is 0 Å². The molecule has 0 unspecified atom stereocenters. The number of rotatable bonds is 8. The van der Waals surface area contributed by atoms with Crippen molar-refractivity contribution < 1.29 is 4.79 Å². The summed E-state index contributed by atoms with van der Waals surface area (Å²) in [5.41, 5.74) is 2.48. The second-order valence-corrected chi connectivity index (χ2v) is 8.07. The highest BCUT2D eigenvalue weighted by Crippen LogP contribution is 2.47. The van der Waals surface area contributed by atoms with Crippen LogP contribution in [-0.2, 0) is 16.8 Å². The summed E-state index contributed by atoms with van der Waals surface area (Å²) in [4.78, 5) is 12.4. The summed E-state index contributed by atoms with van der Waals surface area (Å²) < 4.78 is 2.06. The first-order chi connectivity index (χ1) is 13.7. The zero-order valence-electron chi connectivity index (χ0n) is 16.0. The number of aromatic nitrogens is 3. The van der Waals surface area contributed by atoms with Gasteiger partial charge in [0.2, 0.25) is 5.91 Å². The van der Waals surface area contributed by atoms with E-state index < -0.39 is 0 Å². The lowest BCUT2D eigenvalue weighted by Crippen LogP contribution is -2.33. The Hall–Kier alpha value is -2.60. The molecule has 1 saturated carbocycles. The topological polar surface area (TPSA) is 59.8 Å². The molecule has 0 spiro atoms. The number of hydrogen-bond donors (Lipinski definition) is 1. The number of nitrogens with zero attached hydrogens (tertiary/aromatic N) is 3. The maximum Gasteiger partial charge on any atom is 0.230 e. The molecule has 144 valence electrons. The number of hydrogen-bond acceptors (Lipinski definition) is 4. The molecule has 0 atom stereocenters. The third-order valence-corrected chi connectivity index (χ3v) is 6.23. The smallest absolute Gasteiger partial charge is 0.230 e. The molecule has 0 bridgehead atoms. The van der Waals surface area contributed by atoms with E-state index in [9.17, 15) is 4.79 Å². The van der Waals surface area contributed by atoms with Crippen LogP contribution in [0.1, 0.15) is 25.3 Å². The van der Waals surface area contributed by atoms with E-state index in [1.165, 1.54) is 17.3 Å². The van der Waals surface area contributed by atoms with Gasteiger partial charge in [-0.25, -0.2) is 0 Å². The Balaban J connectivity index is 1.35. The summed E-state index contributed by atoms with van der Waals surface area (Å²) in [6, 6.07) is 20.5. The van der Waals surface area contributed by atoms with Crippen LogP contribution < -0.4 is 5.32 Å². The van der Waals surface area contributed by atoms with Gasteiger partial charge in [-0.05, 0) is 25.3 Å². The van der Waals surface area contributed by atoms with Gasteiger partial charge in [0.15, 0.2) is 11.0 Å². The van der Waals surface area contributed by atoms with E-state index in [2.05, 4.69) is 51.3 Å². The van der Waals surface area contributed by atoms with Crippen LogP contribution in [0.5, 0.6) is 0 Å². The van der Waals surface area contributed by atoms with E-state index in [4.69, 9.17) is 0 Å². The summed E-state index contributed by atoms with van der Waals surface area (Å²) in [5, 5.41) is 12.5. The zero-order chi connectivity index (χ0) is 19.4. The van der Waals surface area contributed by atoms with Crippen molar-refractivity contribution in [2.75, 3.05) is 12.3 Å². The van der Waals surface area contributed by atoms with Gasteiger partial charge in [-0.3, -0.25) is 4.79 Å². The van der Waals surface area contributed by atoms with Crippen molar-refractivity contribution in [3.8, 4) is 11.4 Å². The van der Waals surface area contributed by atoms with Gasteiger partial charge in [-0.2, -0.15) is 0 Å². The maximum absolute atomic E-state index is 12.4. The average Bonchev–Trinajstić information content (AvgIpc) is 3.44. The zero-order valence-corrected chi connectivity index (χ0v) is 16.8. The molecule has 1 fully saturated rings. The number of nitrogens with one attached hydrogen (secondary N) is 1. The summed E-state index contributed by atoms with van der Waals surface area (Å²) in [6.07, 6.45) is 2.27. The lowest BCUT2D eigenvalue weighted by molar-refractivity contribution is -0.118. The van der Waals surface area contributed by atoms with Crippen molar-refractivity contribution in [1.82, 2.24) is 20.1 Å². The fraction of sp³-hybridized carbons (Fsp3) is 0.318. The van der Waals surface area contributed by atoms with Crippen molar-refractivity contribution in [1.29, 1.82) is 0 Å². The van der Waals surface area contributed by atoms with Crippen molar-refractivity contribution >= 4 is 17.7 Å². The average molecular weight is 393 g/mol. The third-order valence-electron chi connectivity index (χ3n) is 5.26. The Morgan fingerprint density at radius 2 is 1.75 bits per heavy atom. The summed E-state index contributed by atoms with van der Waals surface area (Å²) in [7, 11) is 0. The number of carbonyl (C=O) groups excluding carboxylic acids is 1. The van der Waals surface area contributed by atoms with Crippen LogP contribution in [0.4, 0.5) is 0 Å². The van der Waals surface area contributed by atoms with Gasteiger partial charge in [0.25, 0.3) is 0 Å². The van der Waals surface area contributed by atoms with E-state index in [0.29, 0.717) is 12.3 Å². The highest BCUT2D eigenvalue weighted by molar-refractivity contribution is 7.99. The molecule has 6 heteroatoms. The minimum Gasteiger partial charge on any atom is -0.354 e. The van der Waals surface area contributed by atoms with Gasteiger partial charge in [-0.15, -0.1) is 10.2 Å². The number of thioether (sulfide) groups is 1. The largest absolute Gasteiger partial charge is 0.354 e. The normalized spacial score (nSPS) is 14.6. The molecule has 0 aliphatic heterocycles. The van der Waals surface area contributed by atoms with Crippen LogP contribution in [0.2, 0.25) is 0 Å². The molecule has 1 aliphatic rings. The van der Waals surface area contributed by atoms with E-state index in [-0.39, 0.29) is 11.3 Å². The summed E-state index contributed by atoms with van der Waals surface area (Å²) in [6.45, 7) is 3.53. The molecule has 3 aromatic rings. The van der Waals surface area contributed by atoms with Crippen LogP contribution >= 0.6 is 11.8 Å². The van der Waals surface area contributed by atoms with Gasteiger partial charge < -0.3 is 9.88 Å². The van der Waals surface area contributed by atoms with Crippen LogP contribution in [0.15, 0.2) is 65.8 Å². The van der Waals surface area contributed by atoms with E-state index in [1.54, 1.807) is 0 Å². The van der Waals surface area contributed by atoms with Crippen molar-refractivity contribution in [2.24, 2.45) is 0 Å². The first-order valence-corrected chi connectivity index (χ1v) is 10.6. The maximum atomic E-state index is 12.4. The molecule has 28 heavy (non-hydrogen) atoms. The van der Waals surface area contributed by atoms with E-state index in [0.717, 1.165) is 35.9 Å². The molecule has 0 saturated heterocycles. The van der Waals surface area contributed by atoms with Gasteiger partial charge in [0.1, 0.15) is 0 Å². The second kappa shape index (κ2) is 8.19. The predicted molar refractivity (Wildman–Crippen MR) is 112 cm³/mol. The Kier molecular flexibility index (Phi) is 5.48. The molecule has 5 nitrogen and oxygen atoms in total. The lowest BCUT2D eigenvalue weighted by Gasteiger charge is -2.16. The Bertz CT molecular complexity index is 936. The number of carbonyl (C=O) groups is 1. The molecule has 2 aromatic carbocycles. The lowest BCUT2D eigenvalue weighted by atomic mass is 9.96. The van der Waals surface area contributed by atoms with Crippen LogP contribution in [0.25, 0.3) is 11.4 Å². The van der Waals surface area contributed by atoms with E-state index in [1.807, 2.05) is 36.4 Å². The molecular formula is C22H24N4OS. The highest BCUT2D eigenvalue weighted by Gasteiger charge is 2.44. The Labute approximate surface area is 169 Å². The molecule has 4 rings (SSSR count). The van der Waals surface area contributed by atoms with Crippen molar-refractivity contribution in [2.45, 2.75) is 36.9 Å². The predicted octanol–water partition coefficient (Wildman–Crippen LogP) is 3.91. The standard InChI is InChI=1S/C22H24N4OS/c1-2-26-20(17-9-5-3-6-10-17)24-25-21(26)28-15-19(27)23-16-22(13-14-22)18-11-7-4-8-12-18/h3-12H,2,13-16H2,1H3,(H,23,27). The van der Waals surface area contributed by atoms with E-state index >= 15 is 0 Å². The van der Waals surface area contributed by atoms with Crippen LogP contribution in [0, 0.1) is 0 Å². The first-order valence-electron chi connectivity index (χ1n) is 9.65. The summed E-state index contributed by atoms with van der Waals surface area (Å²) >= 11 is 1.44. The summed E-state index contributed by atoms with van der Waals surface area (Å²) in [5.74, 6) is 1.23. The molecule has 0 radical (unpaired) electrons. The Morgan fingerprint density at radius 3 is 2.39 bits per heavy atom.